The molecule has 0 radical (unpaired) electrons. The molecule has 0 aliphatic carbocycles. The molecule has 2 aromatic heterocycles. The molecule has 1 aliphatic rings. The second kappa shape index (κ2) is 6.48. The van der Waals surface area contributed by atoms with Gasteiger partial charge in [-0.2, -0.15) is 0 Å². The number of hydrogen-bond acceptors (Lipinski definition) is 4. The summed E-state index contributed by atoms with van der Waals surface area (Å²) in [5, 5.41) is 13.2. The summed E-state index contributed by atoms with van der Waals surface area (Å²) in [6, 6.07) is 2.15. The zero-order chi connectivity index (χ0) is 15.5. The molecule has 22 heavy (non-hydrogen) atoms. The number of amides is 2. The van der Waals surface area contributed by atoms with Crippen LogP contribution in [0.3, 0.4) is 0 Å². The van der Waals surface area contributed by atoms with E-state index in [0.29, 0.717) is 6.54 Å². The molecule has 1 aliphatic heterocycles. The topological polar surface area (TPSA) is 63.1 Å². The first-order valence-corrected chi connectivity index (χ1v) is 8.52. The van der Waals surface area contributed by atoms with Gasteiger partial charge in [-0.25, -0.2) is 4.79 Å². The summed E-state index contributed by atoms with van der Waals surface area (Å²) in [7, 11) is 1.92. The van der Waals surface area contributed by atoms with Crippen LogP contribution >= 0.6 is 11.3 Å². The first-order valence-electron chi connectivity index (χ1n) is 7.64. The van der Waals surface area contributed by atoms with Crippen molar-refractivity contribution in [2.24, 2.45) is 7.05 Å². The average Bonchev–Trinajstić information content (AvgIpc) is 3.24. The Kier molecular flexibility index (Phi) is 4.42. The van der Waals surface area contributed by atoms with Crippen LogP contribution in [-0.4, -0.2) is 32.2 Å². The minimum atomic E-state index is -0.0130. The molecular weight excluding hydrogens is 298 g/mol. The lowest BCUT2D eigenvalue weighted by Gasteiger charge is -2.24. The Morgan fingerprint density at radius 3 is 3.14 bits per heavy atom. The van der Waals surface area contributed by atoms with E-state index >= 15 is 0 Å². The Labute approximate surface area is 134 Å². The first kappa shape index (κ1) is 15.0. The van der Waals surface area contributed by atoms with E-state index in [9.17, 15) is 4.79 Å². The molecule has 0 unspecified atom stereocenters. The third kappa shape index (κ3) is 2.85. The number of thiophene rings is 1. The number of rotatable bonds is 4. The average molecular weight is 319 g/mol. The molecule has 0 saturated carbocycles. The molecule has 118 valence electrons. The molecule has 1 atom stereocenters. The molecule has 1 N–H and O–H groups in total. The Hall–Kier alpha value is -1.89. The lowest BCUT2D eigenvalue weighted by Crippen LogP contribution is -2.39. The quantitative estimate of drug-likeness (QED) is 0.941. The van der Waals surface area contributed by atoms with Gasteiger partial charge in [0.25, 0.3) is 0 Å². The largest absolute Gasteiger partial charge is 0.333 e. The number of urea groups is 1. The van der Waals surface area contributed by atoms with Crippen LogP contribution in [0, 0.1) is 0 Å². The van der Waals surface area contributed by atoms with Crippen LogP contribution in [0.5, 0.6) is 0 Å². The second-order valence-corrected chi connectivity index (χ2v) is 6.53. The van der Waals surface area contributed by atoms with E-state index in [4.69, 9.17) is 0 Å². The fourth-order valence-corrected chi connectivity index (χ4v) is 3.88. The van der Waals surface area contributed by atoms with Crippen molar-refractivity contribution in [3.05, 3.63) is 34.0 Å². The van der Waals surface area contributed by atoms with Crippen LogP contribution in [0.1, 0.15) is 42.1 Å². The van der Waals surface area contributed by atoms with Crippen LogP contribution in [0.2, 0.25) is 0 Å². The number of likely N-dealkylation sites (tertiary alicyclic amines) is 1. The van der Waals surface area contributed by atoms with E-state index in [-0.39, 0.29) is 12.1 Å². The molecule has 7 heteroatoms. The predicted molar refractivity (Wildman–Crippen MR) is 85.6 cm³/mol. The van der Waals surface area contributed by atoms with Gasteiger partial charge in [-0.3, -0.25) is 0 Å². The maximum atomic E-state index is 12.5. The molecule has 1 fully saturated rings. The fourth-order valence-electron chi connectivity index (χ4n) is 2.97. The van der Waals surface area contributed by atoms with Crippen molar-refractivity contribution in [1.29, 1.82) is 0 Å². The summed E-state index contributed by atoms with van der Waals surface area (Å²) >= 11 is 1.70. The summed E-state index contributed by atoms with van der Waals surface area (Å²) < 4.78 is 1.89. The Morgan fingerprint density at radius 1 is 1.55 bits per heavy atom. The van der Waals surface area contributed by atoms with Crippen LogP contribution in [0.15, 0.2) is 17.8 Å². The normalized spacial score (nSPS) is 17.9. The third-order valence-electron chi connectivity index (χ3n) is 4.18. The highest BCUT2D eigenvalue weighted by Crippen LogP contribution is 2.30. The van der Waals surface area contributed by atoms with E-state index in [1.165, 1.54) is 10.4 Å². The van der Waals surface area contributed by atoms with Gasteiger partial charge in [0.15, 0.2) is 5.82 Å². The van der Waals surface area contributed by atoms with Gasteiger partial charge in [0.05, 0.1) is 12.6 Å². The van der Waals surface area contributed by atoms with Crippen molar-refractivity contribution in [2.45, 2.75) is 38.8 Å². The fraction of sp³-hybridized carbons (Fsp3) is 0.533. The molecule has 0 spiro atoms. The number of aromatic nitrogens is 3. The SMILES string of the molecule is CCc1ccsc1CNC(=O)N1CCC[C@H]1c1nncn1C. The monoisotopic (exact) mass is 319 g/mol. The summed E-state index contributed by atoms with van der Waals surface area (Å²) in [5.74, 6) is 0.859. The van der Waals surface area contributed by atoms with Gasteiger partial charge in [-0.05, 0) is 36.3 Å². The number of hydrogen-bond donors (Lipinski definition) is 1. The highest BCUT2D eigenvalue weighted by Gasteiger charge is 2.32. The molecule has 6 nitrogen and oxygen atoms in total. The second-order valence-electron chi connectivity index (χ2n) is 5.53. The number of carbonyl (C=O) groups is 1. The number of aryl methyl sites for hydroxylation is 2. The maximum absolute atomic E-state index is 12.5. The van der Waals surface area contributed by atoms with E-state index in [0.717, 1.165) is 31.6 Å². The summed E-state index contributed by atoms with van der Waals surface area (Å²) in [4.78, 5) is 15.6. The van der Waals surface area contributed by atoms with Crippen LogP contribution in [-0.2, 0) is 20.0 Å². The lowest BCUT2D eigenvalue weighted by molar-refractivity contribution is 0.189. The van der Waals surface area contributed by atoms with Crippen LogP contribution in [0.4, 0.5) is 4.79 Å². The van der Waals surface area contributed by atoms with Crippen molar-refractivity contribution in [1.82, 2.24) is 25.0 Å². The van der Waals surface area contributed by atoms with E-state index in [1.807, 2.05) is 16.5 Å². The Bertz CT molecular complexity index is 650. The number of nitrogens with zero attached hydrogens (tertiary/aromatic N) is 4. The predicted octanol–water partition coefficient (Wildman–Crippen LogP) is 2.49. The Balaban J connectivity index is 1.65. The molecule has 2 amide bonds. The van der Waals surface area contributed by atoms with Gasteiger partial charge in [0.1, 0.15) is 6.33 Å². The maximum Gasteiger partial charge on any atom is 0.318 e. The van der Waals surface area contributed by atoms with Crippen molar-refractivity contribution in [3.8, 4) is 0 Å². The zero-order valence-electron chi connectivity index (χ0n) is 13.0. The smallest absolute Gasteiger partial charge is 0.318 e. The minimum absolute atomic E-state index is 0.0130. The zero-order valence-corrected chi connectivity index (χ0v) is 13.8. The van der Waals surface area contributed by atoms with E-state index in [2.05, 4.69) is 33.9 Å². The minimum Gasteiger partial charge on any atom is -0.333 e. The molecule has 3 rings (SSSR count). The molecule has 1 saturated heterocycles. The summed E-state index contributed by atoms with van der Waals surface area (Å²) in [6.07, 6.45) is 4.63. The van der Waals surface area contributed by atoms with Crippen molar-refractivity contribution < 1.29 is 4.79 Å². The van der Waals surface area contributed by atoms with Crippen LogP contribution < -0.4 is 5.32 Å². The number of carbonyl (C=O) groups excluding carboxylic acids is 1. The highest BCUT2D eigenvalue weighted by molar-refractivity contribution is 7.10. The summed E-state index contributed by atoms with van der Waals surface area (Å²) in [6.45, 7) is 3.51. The van der Waals surface area contributed by atoms with Gasteiger partial charge in [0.2, 0.25) is 0 Å². The van der Waals surface area contributed by atoms with Crippen molar-refractivity contribution in [3.63, 3.8) is 0 Å². The van der Waals surface area contributed by atoms with Gasteiger partial charge in [-0.1, -0.05) is 6.92 Å². The van der Waals surface area contributed by atoms with Crippen LogP contribution in [0.25, 0.3) is 0 Å². The molecule has 0 bridgehead atoms. The van der Waals surface area contributed by atoms with E-state index in [1.54, 1.807) is 17.7 Å². The Morgan fingerprint density at radius 2 is 2.41 bits per heavy atom. The van der Waals surface area contributed by atoms with Gasteiger partial charge in [0, 0.05) is 18.5 Å². The molecule has 0 aromatic carbocycles. The van der Waals surface area contributed by atoms with E-state index < -0.39 is 0 Å². The number of nitrogens with one attached hydrogen (secondary N) is 1. The third-order valence-corrected chi connectivity index (χ3v) is 5.14. The molecular formula is C15H21N5OS. The summed E-state index contributed by atoms with van der Waals surface area (Å²) in [5.41, 5.74) is 1.32. The first-order chi connectivity index (χ1) is 10.7. The van der Waals surface area contributed by atoms with Gasteiger partial charge < -0.3 is 14.8 Å². The van der Waals surface area contributed by atoms with Gasteiger partial charge >= 0.3 is 6.03 Å². The van der Waals surface area contributed by atoms with Crippen molar-refractivity contribution >= 4 is 17.4 Å². The van der Waals surface area contributed by atoms with Crippen molar-refractivity contribution in [2.75, 3.05) is 6.54 Å². The van der Waals surface area contributed by atoms with Gasteiger partial charge in [-0.15, -0.1) is 21.5 Å². The lowest BCUT2D eigenvalue weighted by atomic mass is 10.2. The standard InChI is InChI=1S/C15H21N5OS/c1-3-11-6-8-22-13(11)9-16-15(21)20-7-4-5-12(20)14-18-17-10-19(14)2/h6,8,10,12H,3-5,7,9H2,1-2H3,(H,16,21)/t12-/m0/s1. The highest BCUT2D eigenvalue weighted by atomic mass is 32.1. The molecule has 2 aromatic rings. The molecule has 3 heterocycles.